The lowest BCUT2D eigenvalue weighted by Gasteiger charge is -1.63. The Morgan fingerprint density at radius 3 is 1.50 bits per heavy atom. The van der Waals surface area contributed by atoms with Crippen molar-refractivity contribution in [3.05, 3.63) is 10.1 Å². The molecule has 0 heterocycles. The van der Waals surface area contributed by atoms with Gasteiger partial charge in [0.1, 0.15) is 0 Å². The predicted octanol–water partition coefficient (Wildman–Crippen LogP) is 0.773. The van der Waals surface area contributed by atoms with E-state index in [1.54, 1.807) is 0 Å². The van der Waals surface area contributed by atoms with E-state index in [1.165, 1.54) is 0 Å². The number of hydrogen-bond donors (Lipinski definition) is 0. The number of nitro groups is 1. The van der Waals surface area contributed by atoms with E-state index < -0.39 is 12.5 Å². The minimum Gasteiger partial charge on any atom is -0.265 e. The van der Waals surface area contributed by atoms with E-state index in [-0.39, 0.29) is 0 Å². The summed E-state index contributed by atoms with van der Waals surface area (Å²) in [6.45, 7) is 0. The summed E-state index contributed by atoms with van der Waals surface area (Å²) in [7, 11) is -2.78. The molecule has 0 aliphatic heterocycles. The molecular formula is CH3BF3NO2. The van der Waals surface area contributed by atoms with Crippen molar-refractivity contribution in [1.82, 2.24) is 0 Å². The maximum atomic E-state index is 9.67. The highest BCUT2D eigenvalue weighted by Gasteiger charge is 2.06. The molecule has 0 aromatic heterocycles. The van der Waals surface area contributed by atoms with Crippen LogP contribution < -0.4 is 0 Å². The molecule has 0 atom stereocenters. The number of halogens is 3. The van der Waals surface area contributed by atoms with Crippen LogP contribution in [0.1, 0.15) is 0 Å². The molecule has 48 valence electrons. The molecule has 0 aromatic carbocycles. The molecular weight excluding hydrogens is 126 g/mol. The molecule has 8 heavy (non-hydrogen) atoms. The van der Waals surface area contributed by atoms with E-state index in [9.17, 15) is 12.9 Å². The second-order valence-corrected chi connectivity index (χ2v) is 0.687. The summed E-state index contributed by atoms with van der Waals surface area (Å²) < 4.78 is 29.0. The second kappa shape index (κ2) is 6.25. The van der Waals surface area contributed by atoms with Gasteiger partial charge in [-0.3, -0.25) is 23.1 Å². The van der Waals surface area contributed by atoms with Crippen LogP contribution in [0.15, 0.2) is 0 Å². The van der Waals surface area contributed by atoms with Crippen LogP contribution in [0.5, 0.6) is 0 Å². The average molecular weight is 129 g/mol. The summed E-state index contributed by atoms with van der Waals surface area (Å²) in [4.78, 5) is 8.31. The van der Waals surface area contributed by atoms with Crippen LogP contribution in [0.3, 0.4) is 0 Å². The zero-order chi connectivity index (χ0) is 7.15. The summed E-state index contributed by atoms with van der Waals surface area (Å²) in [6, 6.07) is 0. The first-order chi connectivity index (χ1) is 3.46. The lowest BCUT2D eigenvalue weighted by Crippen LogP contribution is -1.79. The van der Waals surface area contributed by atoms with Crippen molar-refractivity contribution in [2.75, 3.05) is 7.05 Å². The van der Waals surface area contributed by atoms with E-state index in [0.717, 1.165) is 7.05 Å². The van der Waals surface area contributed by atoms with Gasteiger partial charge >= 0.3 is 7.54 Å². The first-order valence-corrected chi connectivity index (χ1v) is 1.47. The first-order valence-electron chi connectivity index (χ1n) is 1.47. The molecule has 0 N–H and O–H groups in total. The van der Waals surface area contributed by atoms with Gasteiger partial charge in [-0.15, -0.1) is 0 Å². The van der Waals surface area contributed by atoms with Crippen molar-refractivity contribution in [2.45, 2.75) is 0 Å². The summed E-state index contributed by atoms with van der Waals surface area (Å²) in [5.41, 5.74) is 0. The summed E-state index contributed by atoms with van der Waals surface area (Å²) in [6.07, 6.45) is 0. The minimum absolute atomic E-state index is 0.500. The van der Waals surface area contributed by atoms with Crippen LogP contribution in [-0.4, -0.2) is 19.5 Å². The Morgan fingerprint density at radius 1 is 1.50 bits per heavy atom. The van der Waals surface area contributed by atoms with Crippen LogP contribution in [0.4, 0.5) is 12.9 Å². The van der Waals surface area contributed by atoms with E-state index in [4.69, 9.17) is 10.1 Å². The Kier molecular flexibility index (Phi) is 8.04. The maximum absolute atomic E-state index is 9.67. The van der Waals surface area contributed by atoms with Gasteiger partial charge in [-0.05, 0) is 0 Å². The van der Waals surface area contributed by atoms with Gasteiger partial charge in [-0.25, -0.2) is 0 Å². The highest BCUT2D eigenvalue weighted by molar-refractivity contribution is 6.33. The van der Waals surface area contributed by atoms with Crippen molar-refractivity contribution in [3.8, 4) is 0 Å². The predicted molar refractivity (Wildman–Crippen MR) is 22.0 cm³/mol. The third-order valence-electron chi connectivity index (χ3n) is 0. The van der Waals surface area contributed by atoms with E-state index in [1.807, 2.05) is 0 Å². The molecule has 0 aliphatic rings. The van der Waals surface area contributed by atoms with Crippen molar-refractivity contribution >= 4 is 7.54 Å². The van der Waals surface area contributed by atoms with Gasteiger partial charge in [0.15, 0.2) is 7.05 Å². The molecule has 0 amide bonds. The Labute approximate surface area is 43.9 Å². The molecule has 0 saturated carbocycles. The normalized spacial score (nSPS) is 6.50. The molecule has 7 heteroatoms. The van der Waals surface area contributed by atoms with Crippen molar-refractivity contribution in [3.63, 3.8) is 0 Å². The quantitative estimate of drug-likeness (QED) is 0.275. The Balaban J connectivity index is 0. The lowest BCUT2D eigenvalue weighted by molar-refractivity contribution is -0.445. The highest BCUT2D eigenvalue weighted by Crippen LogP contribution is 1.80. The molecule has 0 unspecified atom stereocenters. The van der Waals surface area contributed by atoms with Gasteiger partial charge in [-0.1, -0.05) is 0 Å². The molecule has 0 saturated heterocycles. The number of nitrogens with zero attached hydrogens (tertiary/aromatic N) is 1. The van der Waals surface area contributed by atoms with Gasteiger partial charge in [0, 0.05) is 4.92 Å². The Bertz CT molecular complexity index is 61.5. The second-order valence-electron chi connectivity index (χ2n) is 0.687. The van der Waals surface area contributed by atoms with E-state index in [0.29, 0.717) is 0 Å². The van der Waals surface area contributed by atoms with Gasteiger partial charge in [-0.2, -0.15) is 0 Å². The van der Waals surface area contributed by atoms with Crippen LogP contribution in [-0.2, 0) is 0 Å². The third kappa shape index (κ3) is 171. The summed E-state index contributed by atoms with van der Waals surface area (Å²) in [5.74, 6) is 0. The summed E-state index contributed by atoms with van der Waals surface area (Å²) in [5, 5.41) is 8.81. The third-order valence-corrected chi connectivity index (χ3v) is 0. The smallest absolute Gasteiger partial charge is 0.265 e. The van der Waals surface area contributed by atoms with Gasteiger partial charge in [0.25, 0.3) is 0 Å². The zero-order valence-corrected chi connectivity index (χ0v) is 3.97. The van der Waals surface area contributed by atoms with Crippen molar-refractivity contribution in [1.29, 1.82) is 0 Å². The maximum Gasteiger partial charge on any atom is 0.762 e. The van der Waals surface area contributed by atoms with Crippen LogP contribution >= 0.6 is 0 Å². The largest absolute Gasteiger partial charge is 0.762 e. The van der Waals surface area contributed by atoms with Crippen molar-refractivity contribution in [2.24, 2.45) is 0 Å². The van der Waals surface area contributed by atoms with Gasteiger partial charge < -0.3 is 0 Å². The molecule has 0 bridgehead atoms. The number of hydrogen-bond acceptors (Lipinski definition) is 2. The Morgan fingerprint density at radius 2 is 1.50 bits per heavy atom. The van der Waals surface area contributed by atoms with Gasteiger partial charge in [0.2, 0.25) is 0 Å². The minimum atomic E-state index is -3.67. The fourth-order valence-electron chi connectivity index (χ4n) is 0. The van der Waals surface area contributed by atoms with Crippen LogP contribution in [0.25, 0.3) is 0 Å². The molecule has 0 aromatic rings. The molecule has 0 radical (unpaired) electrons. The topological polar surface area (TPSA) is 43.1 Å². The fraction of sp³-hybridized carbons (Fsp3) is 1.00. The average Bonchev–Trinajstić information content (AvgIpc) is 1.25. The molecule has 0 aliphatic carbocycles. The molecule has 0 fully saturated rings. The molecule has 3 nitrogen and oxygen atoms in total. The Hall–Kier alpha value is -0.745. The van der Waals surface area contributed by atoms with E-state index >= 15 is 0 Å². The highest BCUT2D eigenvalue weighted by atomic mass is 19.4. The zero-order valence-electron chi connectivity index (χ0n) is 3.97. The lowest BCUT2D eigenvalue weighted by atomic mass is 10.5. The van der Waals surface area contributed by atoms with Gasteiger partial charge in [0.05, 0.1) is 0 Å². The first kappa shape index (κ1) is 10.3. The monoisotopic (exact) mass is 129 g/mol. The number of rotatable bonds is 0. The van der Waals surface area contributed by atoms with Crippen LogP contribution in [0.2, 0.25) is 0 Å². The SMILES string of the molecule is C[N+](=O)[O-].FB(F)F. The van der Waals surface area contributed by atoms with Crippen molar-refractivity contribution < 1.29 is 17.9 Å². The summed E-state index contributed by atoms with van der Waals surface area (Å²) >= 11 is 0. The fourth-order valence-corrected chi connectivity index (χ4v) is 0. The molecule has 0 rings (SSSR count). The standard InChI is InChI=1S/CH3NO2.BF3/c1-2(3)4;2-1(3)4/h1H3;. The molecule has 0 spiro atoms. The van der Waals surface area contributed by atoms with Crippen LogP contribution in [0, 0.1) is 10.1 Å². The van der Waals surface area contributed by atoms with E-state index in [2.05, 4.69) is 0 Å².